The van der Waals surface area contributed by atoms with E-state index in [-0.39, 0.29) is 21.1 Å². The predicted octanol–water partition coefficient (Wildman–Crippen LogP) is 16.2. The molecule has 0 amide bonds. The fraction of sp³-hybridized carbons (Fsp3) is 0.0149. The molecule has 0 saturated carbocycles. The first kappa shape index (κ1) is 45.3. The van der Waals surface area contributed by atoms with E-state index in [0.717, 1.165) is 111 Å². The SMILES string of the molecule is Cc1c(-c2ccccc2)cc(-c2ccccc2)cc1-c1cc(Oc2[c-]c3c(cc2)c2ccccc2n3-c2ccccn2)[c-]c(-n2[c-][n+](-c3c(-c4ccccc4)cccc3-c3ccccc3)c3ccccc32)c1.[Pt]. The van der Waals surface area contributed by atoms with Gasteiger partial charge in [-0.3, -0.25) is 4.57 Å². The summed E-state index contributed by atoms with van der Waals surface area (Å²) in [6.45, 7) is 2.22. The number of fused-ring (bicyclic) bond motifs is 4. The van der Waals surface area contributed by atoms with Gasteiger partial charge < -0.3 is 13.9 Å². The molecule has 0 spiro atoms. The van der Waals surface area contributed by atoms with Crippen LogP contribution in [0.5, 0.6) is 11.5 Å². The van der Waals surface area contributed by atoms with E-state index in [1.165, 1.54) is 0 Å². The molecule has 73 heavy (non-hydrogen) atoms. The number of hydrogen-bond donors (Lipinski definition) is 0. The van der Waals surface area contributed by atoms with Crippen LogP contribution in [0.4, 0.5) is 0 Å². The number of hydrogen-bond acceptors (Lipinski definition) is 2. The van der Waals surface area contributed by atoms with Gasteiger partial charge in [0.2, 0.25) is 0 Å². The predicted molar refractivity (Wildman–Crippen MR) is 292 cm³/mol. The van der Waals surface area contributed by atoms with Crippen molar-refractivity contribution in [2.45, 2.75) is 6.92 Å². The second-order valence-electron chi connectivity index (χ2n) is 18.0. The zero-order valence-corrected chi connectivity index (χ0v) is 42.0. The van der Waals surface area contributed by atoms with Crippen LogP contribution in [0.2, 0.25) is 0 Å². The molecule has 0 atom stereocenters. The number of pyridine rings is 1. The van der Waals surface area contributed by atoms with Crippen molar-refractivity contribution in [3.63, 3.8) is 0 Å². The standard InChI is InChI=1S/C67H44N4O.Pt/c1-46-60(50-27-12-5-13-28-50)41-51(47-21-6-2-7-22-47)42-61(46)52-39-53(43-55(40-52)72-54-36-37-59-58-29-14-15-32-62(58)71(65(59)44-54)66-35-18-19-38-68-66)69-45-70(64-34-17-16-33-63(64)69)67-56(48-23-8-3-9-24-48)30-20-31-57(67)49-25-10-4-11-26-49;/h2-42H,1H3;/q-2;. The smallest absolute Gasteiger partial charge is 0.268 e. The summed E-state index contributed by atoms with van der Waals surface area (Å²) >= 11 is 0. The number of aromatic nitrogens is 4. The maximum Gasteiger partial charge on any atom is 0.268 e. The minimum absolute atomic E-state index is 0. The Morgan fingerprint density at radius 1 is 0.438 bits per heavy atom. The van der Waals surface area contributed by atoms with Crippen molar-refractivity contribution in [1.29, 1.82) is 0 Å². The molecule has 5 nitrogen and oxygen atoms in total. The summed E-state index contributed by atoms with van der Waals surface area (Å²) < 4.78 is 13.5. The molecule has 350 valence electrons. The van der Waals surface area contributed by atoms with Gasteiger partial charge in [0.1, 0.15) is 5.82 Å². The average Bonchev–Trinajstić information content (AvgIpc) is 4.00. The zero-order chi connectivity index (χ0) is 48.0. The first-order chi connectivity index (χ1) is 35.6. The number of nitrogens with zero attached hydrogens (tertiary/aromatic N) is 4. The van der Waals surface area contributed by atoms with E-state index in [2.05, 4.69) is 257 Å². The monoisotopic (exact) mass is 1120 g/mol. The van der Waals surface area contributed by atoms with E-state index in [1.54, 1.807) is 0 Å². The summed E-state index contributed by atoms with van der Waals surface area (Å²) in [7, 11) is 0. The van der Waals surface area contributed by atoms with Gasteiger partial charge in [0.15, 0.2) is 0 Å². The Hall–Kier alpha value is -8.89. The Bertz CT molecular complexity index is 4060. The van der Waals surface area contributed by atoms with E-state index in [4.69, 9.17) is 9.72 Å². The molecule has 0 fully saturated rings. The van der Waals surface area contributed by atoms with Crippen LogP contribution in [0.15, 0.2) is 249 Å². The van der Waals surface area contributed by atoms with Crippen molar-refractivity contribution in [3.8, 4) is 84.3 Å². The Kier molecular flexibility index (Phi) is 12.0. The summed E-state index contributed by atoms with van der Waals surface area (Å²) in [6, 6.07) is 92.4. The van der Waals surface area contributed by atoms with Gasteiger partial charge in [-0.2, -0.15) is 12.1 Å². The van der Waals surface area contributed by atoms with Crippen LogP contribution in [0.3, 0.4) is 0 Å². The van der Waals surface area contributed by atoms with Gasteiger partial charge in [-0.1, -0.05) is 194 Å². The molecule has 0 bridgehead atoms. The Morgan fingerprint density at radius 3 is 1.67 bits per heavy atom. The van der Waals surface area contributed by atoms with Crippen molar-refractivity contribution >= 4 is 32.8 Å². The molecule has 13 aromatic rings. The molecule has 6 heteroatoms. The minimum Gasteiger partial charge on any atom is -0.510 e. The Balaban J connectivity index is 0.00000543. The van der Waals surface area contributed by atoms with Gasteiger partial charge in [0.25, 0.3) is 6.33 Å². The van der Waals surface area contributed by atoms with Crippen LogP contribution in [0, 0.1) is 25.4 Å². The maximum atomic E-state index is 7.05. The van der Waals surface area contributed by atoms with E-state index >= 15 is 0 Å². The van der Waals surface area contributed by atoms with E-state index in [0.29, 0.717) is 11.5 Å². The fourth-order valence-electron chi connectivity index (χ4n) is 10.3. The average molecular weight is 1120 g/mol. The van der Waals surface area contributed by atoms with Crippen LogP contribution < -0.4 is 9.30 Å². The largest absolute Gasteiger partial charge is 0.510 e. The molecule has 0 radical (unpaired) electrons. The van der Waals surface area contributed by atoms with Crippen molar-refractivity contribution in [3.05, 3.63) is 273 Å². The number of rotatable bonds is 10. The van der Waals surface area contributed by atoms with Crippen LogP contribution in [-0.4, -0.2) is 14.1 Å². The van der Waals surface area contributed by atoms with Crippen molar-refractivity contribution in [1.82, 2.24) is 14.1 Å². The van der Waals surface area contributed by atoms with Crippen LogP contribution >= 0.6 is 0 Å². The van der Waals surface area contributed by atoms with Gasteiger partial charge in [0, 0.05) is 44.3 Å². The first-order valence-electron chi connectivity index (χ1n) is 24.2. The summed E-state index contributed by atoms with van der Waals surface area (Å²) in [5.74, 6) is 1.91. The molecule has 0 aliphatic carbocycles. The molecule has 0 aliphatic rings. The first-order valence-corrected chi connectivity index (χ1v) is 24.2. The molecular weight excluding hydrogens is 1070 g/mol. The number of benzene rings is 10. The number of imidazole rings is 1. The molecular formula is C67H44N4OPt-2. The van der Waals surface area contributed by atoms with Gasteiger partial charge in [-0.25, -0.2) is 4.98 Å². The van der Waals surface area contributed by atoms with Gasteiger partial charge in [-0.05, 0) is 104 Å². The fourth-order valence-corrected chi connectivity index (χ4v) is 10.3. The molecule has 0 saturated heterocycles. The summed E-state index contributed by atoms with van der Waals surface area (Å²) in [5.41, 5.74) is 17.9. The second kappa shape index (κ2) is 19.4. The van der Waals surface area contributed by atoms with Gasteiger partial charge in [0.05, 0.1) is 16.7 Å². The Morgan fingerprint density at radius 2 is 1.01 bits per heavy atom. The molecule has 10 aromatic carbocycles. The molecule has 0 unspecified atom stereocenters. The van der Waals surface area contributed by atoms with Gasteiger partial charge >= 0.3 is 0 Å². The van der Waals surface area contributed by atoms with Crippen molar-refractivity contribution in [2.24, 2.45) is 0 Å². The molecule has 13 rings (SSSR count). The third-order valence-electron chi connectivity index (χ3n) is 13.6. The molecule has 3 aromatic heterocycles. The zero-order valence-electron chi connectivity index (χ0n) is 39.7. The second-order valence-corrected chi connectivity index (χ2v) is 18.0. The minimum atomic E-state index is 0. The Labute approximate surface area is 438 Å². The maximum absolute atomic E-state index is 7.05. The summed E-state index contributed by atoms with van der Waals surface area (Å²) in [5, 5.41) is 2.18. The van der Waals surface area contributed by atoms with Crippen molar-refractivity contribution < 1.29 is 30.4 Å². The number of para-hydroxylation sites is 4. The third-order valence-corrected chi connectivity index (χ3v) is 13.6. The number of ether oxygens (including phenoxy) is 1. The van der Waals surface area contributed by atoms with Crippen molar-refractivity contribution in [2.75, 3.05) is 0 Å². The van der Waals surface area contributed by atoms with Crippen LogP contribution in [-0.2, 0) is 21.1 Å². The third kappa shape index (κ3) is 8.34. The molecule has 0 aliphatic heterocycles. The normalized spacial score (nSPS) is 11.2. The quantitative estimate of drug-likeness (QED) is 0.101. The van der Waals surface area contributed by atoms with Gasteiger partial charge in [-0.15, -0.1) is 35.2 Å². The summed E-state index contributed by atoms with van der Waals surface area (Å²) in [4.78, 5) is 4.77. The molecule has 0 N–H and O–H groups in total. The summed E-state index contributed by atoms with van der Waals surface area (Å²) in [6.07, 6.45) is 5.72. The molecule has 3 heterocycles. The van der Waals surface area contributed by atoms with Crippen LogP contribution in [0.25, 0.3) is 106 Å². The topological polar surface area (TPSA) is 35.9 Å². The van der Waals surface area contributed by atoms with E-state index in [9.17, 15) is 0 Å². The van der Waals surface area contributed by atoms with E-state index in [1.807, 2.05) is 30.5 Å². The van der Waals surface area contributed by atoms with Crippen LogP contribution in [0.1, 0.15) is 5.56 Å². The van der Waals surface area contributed by atoms with E-state index < -0.39 is 0 Å².